The molecule has 0 spiro atoms. The summed E-state index contributed by atoms with van der Waals surface area (Å²) in [4.78, 5) is 29.2. The maximum absolute atomic E-state index is 12.9. The first-order chi connectivity index (χ1) is 17.7. The van der Waals surface area contributed by atoms with Gasteiger partial charge in [0.15, 0.2) is 5.13 Å². The Bertz CT molecular complexity index is 1800. The van der Waals surface area contributed by atoms with Crippen molar-refractivity contribution in [3.63, 3.8) is 0 Å². The van der Waals surface area contributed by atoms with E-state index in [-0.39, 0.29) is 22.1 Å². The monoisotopic (exact) mass is 551 g/mol. The average Bonchev–Trinajstić information content (AvgIpc) is 3.30. The third-order valence-corrected chi connectivity index (χ3v) is 8.38. The van der Waals surface area contributed by atoms with Gasteiger partial charge in [0, 0.05) is 17.8 Å². The first kappa shape index (κ1) is 24.7. The molecule has 0 atom stereocenters. The lowest BCUT2D eigenvalue weighted by atomic mass is 9.99. The summed E-state index contributed by atoms with van der Waals surface area (Å²) in [5.41, 5.74) is 1.43. The van der Waals surface area contributed by atoms with Crippen LogP contribution in [0.25, 0.3) is 21.5 Å². The summed E-state index contributed by atoms with van der Waals surface area (Å²) < 4.78 is 29.7. The largest absolute Gasteiger partial charge is 0.477 e. The van der Waals surface area contributed by atoms with Crippen molar-refractivity contribution in [2.24, 2.45) is 0 Å². The summed E-state index contributed by atoms with van der Waals surface area (Å²) in [7, 11) is -4.02. The van der Waals surface area contributed by atoms with Crippen molar-refractivity contribution in [3.05, 3.63) is 111 Å². The Hall–Kier alpha value is -3.99. The number of hydrogen-bond acceptors (Lipinski definition) is 6. The number of nitrogens with zero attached hydrogens (tertiary/aromatic N) is 2. The topological polar surface area (TPSA) is 118 Å². The summed E-state index contributed by atoms with van der Waals surface area (Å²) in [6.07, 6.45) is 1.27. The second-order valence-corrected chi connectivity index (χ2v) is 11.2. The molecule has 3 aromatic carbocycles. The molecule has 5 rings (SSSR count). The number of benzene rings is 3. The molecule has 0 saturated carbocycles. The minimum Gasteiger partial charge on any atom is -0.477 e. The van der Waals surface area contributed by atoms with Crippen LogP contribution in [-0.2, 0) is 16.6 Å². The summed E-state index contributed by atoms with van der Waals surface area (Å²) >= 11 is 6.80. The van der Waals surface area contributed by atoms with Crippen LogP contribution in [-0.4, -0.2) is 29.0 Å². The van der Waals surface area contributed by atoms with Crippen LogP contribution in [0.4, 0.5) is 5.13 Å². The molecule has 2 N–H and O–H groups in total. The van der Waals surface area contributed by atoms with Crippen LogP contribution in [0.3, 0.4) is 0 Å². The van der Waals surface area contributed by atoms with Gasteiger partial charge in [0.05, 0.1) is 4.90 Å². The zero-order valence-corrected chi connectivity index (χ0v) is 21.3. The number of thiazole rings is 1. The highest BCUT2D eigenvalue weighted by Gasteiger charge is 2.22. The predicted octanol–water partition coefficient (Wildman–Crippen LogP) is 5.33. The van der Waals surface area contributed by atoms with Gasteiger partial charge in [0.2, 0.25) is 5.43 Å². The van der Waals surface area contributed by atoms with Gasteiger partial charge >= 0.3 is 5.97 Å². The smallest absolute Gasteiger partial charge is 0.341 e. The van der Waals surface area contributed by atoms with Crippen molar-refractivity contribution in [2.45, 2.75) is 11.4 Å². The molecular weight excluding hydrogens is 534 g/mol. The van der Waals surface area contributed by atoms with Crippen LogP contribution in [0.1, 0.15) is 15.9 Å². The number of anilines is 1. The number of carbonyl (C=O) groups is 1. The fourth-order valence-electron chi connectivity index (χ4n) is 3.90. The highest BCUT2D eigenvalue weighted by Crippen LogP contribution is 2.30. The van der Waals surface area contributed by atoms with Crippen molar-refractivity contribution in [3.8, 4) is 11.1 Å². The maximum atomic E-state index is 12.9. The second kappa shape index (κ2) is 9.81. The van der Waals surface area contributed by atoms with E-state index in [1.165, 1.54) is 30.5 Å². The Kier molecular flexibility index (Phi) is 6.55. The fraction of sp³-hybridized carbons (Fsp3) is 0.0385. The zero-order chi connectivity index (χ0) is 26.2. The molecular formula is C26H18ClN3O5S2. The van der Waals surface area contributed by atoms with E-state index in [1.807, 2.05) is 54.6 Å². The van der Waals surface area contributed by atoms with Crippen molar-refractivity contribution in [1.29, 1.82) is 0 Å². The van der Waals surface area contributed by atoms with Crippen LogP contribution < -0.4 is 10.2 Å². The Morgan fingerprint density at radius 3 is 2.38 bits per heavy atom. The molecule has 0 aliphatic heterocycles. The number of aromatic nitrogens is 2. The van der Waals surface area contributed by atoms with E-state index in [0.717, 1.165) is 28.0 Å². The molecule has 2 aromatic heterocycles. The number of carboxylic acid groups (broad SMARTS) is 1. The molecule has 0 fully saturated rings. The van der Waals surface area contributed by atoms with Gasteiger partial charge in [0.1, 0.15) is 15.9 Å². The van der Waals surface area contributed by atoms with Gasteiger partial charge in [-0.3, -0.25) is 9.52 Å². The van der Waals surface area contributed by atoms with Crippen molar-refractivity contribution in [1.82, 2.24) is 9.55 Å². The lowest BCUT2D eigenvalue weighted by Gasteiger charge is -2.13. The maximum Gasteiger partial charge on any atom is 0.341 e. The quantitative estimate of drug-likeness (QED) is 0.282. The Morgan fingerprint density at radius 1 is 1.00 bits per heavy atom. The lowest BCUT2D eigenvalue weighted by molar-refractivity contribution is 0.0694. The Labute approximate surface area is 220 Å². The molecule has 8 nitrogen and oxygen atoms in total. The summed E-state index contributed by atoms with van der Waals surface area (Å²) in [5, 5.41) is 9.97. The molecule has 5 aromatic rings. The molecule has 0 aliphatic rings. The number of nitrogens with one attached hydrogen (secondary N) is 1. The minimum absolute atomic E-state index is 0.0330. The summed E-state index contributed by atoms with van der Waals surface area (Å²) in [5.74, 6) is -1.40. The Balaban J connectivity index is 1.61. The predicted molar refractivity (Wildman–Crippen MR) is 144 cm³/mol. The summed E-state index contributed by atoms with van der Waals surface area (Å²) in [6, 6.07) is 23.0. The lowest BCUT2D eigenvalue weighted by Crippen LogP contribution is -2.19. The first-order valence-electron chi connectivity index (χ1n) is 10.9. The number of sulfonamides is 1. The number of carboxylic acids is 1. The molecule has 0 unspecified atom stereocenters. The number of hydrogen-bond donors (Lipinski definition) is 2. The number of aromatic carboxylic acids is 1. The highest BCUT2D eigenvalue weighted by molar-refractivity contribution is 7.93. The molecule has 0 radical (unpaired) electrons. The minimum atomic E-state index is -4.02. The van der Waals surface area contributed by atoms with E-state index in [4.69, 9.17) is 11.6 Å². The first-order valence-corrected chi connectivity index (χ1v) is 13.6. The van der Waals surface area contributed by atoms with Crippen LogP contribution >= 0.6 is 22.9 Å². The fourth-order valence-corrected chi connectivity index (χ4v) is 6.20. The van der Waals surface area contributed by atoms with Gasteiger partial charge in [-0.15, -0.1) is 0 Å². The van der Waals surface area contributed by atoms with Crippen LogP contribution in [0.15, 0.2) is 94.7 Å². The van der Waals surface area contributed by atoms with E-state index >= 15 is 0 Å². The van der Waals surface area contributed by atoms with Gasteiger partial charge in [-0.2, -0.15) is 0 Å². The standard InChI is InChI=1S/C26H18ClN3O5S2/c27-18-10-12-19(13-11-18)37(34,35)29-26-28-22-23(31)21(25(32)33)15-30(24(22)36-26)14-17-8-4-5-9-20(17)16-6-2-1-3-7-16/h1-13,15H,14H2,(H,28,29)(H,32,33). The van der Waals surface area contributed by atoms with E-state index < -0.39 is 27.0 Å². The number of fused-ring (bicyclic) bond motifs is 1. The number of pyridine rings is 1. The molecule has 11 heteroatoms. The molecule has 0 amide bonds. The average molecular weight is 552 g/mol. The van der Waals surface area contributed by atoms with E-state index in [0.29, 0.717) is 9.85 Å². The van der Waals surface area contributed by atoms with Crippen LogP contribution in [0, 0.1) is 0 Å². The van der Waals surface area contributed by atoms with E-state index in [1.54, 1.807) is 4.57 Å². The second-order valence-electron chi connectivity index (χ2n) is 8.06. The van der Waals surface area contributed by atoms with Crippen molar-refractivity contribution in [2.75, 3.05) is 4.72 Å². The highest BCUT2D eigenvalue weighted by atomic mass is 35.5. The van der Waals surface area contributed by atoms with Gasteiger partial charge in [-0.25, -0.2) is 18.2 Å². The molecule has 0 saturated heterocycles. The SMILES string of the molecule is O=C(O)c1cn(Cc2ccccc2-c2ccccc2)c2sc(NS(=O)(=O)c3ccc(Cl)cc3)nc2c1=O. The Morgan fingerprint density at radius 2 is 1.68 bits per heavy atom. The normalized spacial score (nSPS) is 11.5. The molecule has 0 bridgehead atoms. The van der Waals surface area contributed by atoms with Crippen LogP contribution in [0.5, 0.6) is 0 Å². The van der Waals surface area contributed by atoms with Gasteiger partial charge in [-0.1, -0.05) is 77.5 Å². The van der Waals surface area contributed by atoms with E-state index in [9.17, 15) is 23.1 Å². The number of halogens is 1. The van der Waals surface area contributed by atoms with Crippen LogP contribution in [0.2, 0.25) is 5.02 Å². The van der Waals surface area contributed by atoms with Crippen molar-refractivity contribution < 1.29 is 18.3 Å². The molecule has 2 heterocycles. The van der Waals surface area contributed by atoms with Gasteiger partial charge in [0.25, 0.3) is 10.0 Å². The molecule has 37 heavy (non-hydrogen) atoms. The zero-order valence-electron chi connectivity index (χ0n) is 19.0. The van der Waals surface area contributed by atoms with Gasteiger partial charge < -0.3 is 9.67 Å². The molecule has 0 aliphatic carbocycles. The molecule has 186 valence electrons. The third kappa shape index (κ3) is 4.99. The third-order valence-electron chi connectivity index (χ3n) is 5.63. The van der Waals surface area contributed by atoms with E-state index in [2.05, 4.69) is 9.71 Å². The summed E-state index contributed by atoms with van der Waals surface area (Å²) in [6.45, 7) is 0.230. The number of rotatable bonds is 7. The van der Waals surface area contributed by atoms with Gasteiger partial charge in [-0.05, 0) is 41.0 Å². The van der Waals surface area contributed by atoms with Crippen molar-refractivity contribution >= 4 is 54.4 Å².